The predicted octanol–water partition coefficient (Wildman–Crippen LogP) is 3.19. The molecule has 0 radical (unpaired) electrons. The van der Waals surface area contributed by atoms with Crippen LogP contribution in [-0.2, 0) is 11.2 Å². The molecular formula is C12H12F4O3. The molecule has 0 saturated carbocycles. The molecule has 1 N–H and O–H groups in total. The van der Waals surface area contributed by atoms with Crippen molar-refractivity contribution in [3.8, 4) is 5.75 Å². The molecule has 1 aromatic rings. The van der Waals surface area contributed by atoms with Crippen LogP contribution >= 0.6 is 0 Å². The standard InChI is InChI=1S/C12H12F4O3/c1-7(10(17)18)5-8-3-2-4-9(6-8)19-12(15,16)11(13)14/h2-4,6-7,11H,5H2,1H3,(H,17,18). The Labute approximate surface area is 106 Å². The Morgan fingerprint density at radius 2 is 2.05 bits per heavy atom. The lowest BCUT2D eigenvalue weighted by atomic mass is 10.0. The van der Waals surface area contributed by atoms with E-state index in [1.807, 2.05) is 0 Å². The zero-order valence-electron chi connectivity index (χ0n) is 9.95. The summed E-state index contributed by atoms with van der Waals surface area (Å²) >= 11 is 0. The monoisotopic (exact) mass is 280 g/mol. The van der Waals surface area contributed by atoms with Crippen LogP contribution in [0.1, 0.15) is 12.5 Å². The van der Waals surface area contributed by atoms with Crippen LogP contribution in [0.3, 0.4) is 0 Å². The van der Waals surface area contributed by atoms with E-state index in [2.05, 4.69) is 4.74 Å². The van der Waals surface area contributed by atoms with Crippen molar-refractivity contribution < 1.29 is 32.2 Å². The van der Waals surface area contributed by atoms with Crippen LogP contribution in [0.25, 0.3) is 0 Å². The van der Waals surface area contributed by atoms with Gasteiger partial charge < -0.3 is 9.84 Å². The van der Waals surface area contributed by atoms with E-state index in [-0.39, 0.29) is 6.42 Å². The molecule has 0 saturated heterocycles. The quantitative estimate of drug-likeness (QED) is 0.814. The summed E-state index contributed by atoms with van der Waals surface area (Å²) in [4.78, 5) is 10.7. The highest BCUT2D eigenvalue weighted by Crippen LogP contribution is 2.28. The first kappa shape index (κ1) is 15.3. The molecule has 1 aromatic carbocycles. The summed E-state index contributed by atoms with van der Waals surface area (Å²) < 4.78 is 53.2. The van der Waals surface area contributed by atoms with E-state index in [1.165, 1.54) is 19.1 Å². The fourth-order valence-electron chi connectivity index (χ4n) is 1.38. The van der Waals surface area contributed by atoms with Gasteiger partial charge in [0.2, 0.25) is 0 Å². The molecule has 0 aliphatic rings. The third-order valence-corrected chi connectivity index (χ3v) is 2.37. The minimum Gasteiger partial charge on any atom is -0.481 e. The number of ether oxygens (including phenoxy) is 1. The van der Waals surface area contributed by atoms with Crippen LogP contribution in [0.15, 0.2) is 24.3 Å². The molecule has 0 aliphatic heterocycles. The van der Waals surface area contributed by atoms with Gasteiger partial charge in [-0.25, -0.2) is 0 Å². The maximum Gasteiger partial charge on any atom is 0.461 e. The molecule has 106 valence electrons. The molecule has 0 bridgehead atoms. The van der Waals surface area contributed by atoms with Gasteiger partial charge in [-0.2, -0.15) is 17.6 Å². The molecule has 0 aliphatic carbocycles. The van der Waals surface area contributed by atoms with Gasteiger partial charge in [-0.3, -0.25) is 4.79 Å². The molecular weight excluding hydrogens is 268 g/mol. The van der Waals surface area contributed by atoms with Gasteiger partial charge >= 0.3 is 18.5 Å². The van der Waals surface area contributed by atoms with Gasteiger partial charge in [0.1, 0.15) is 5.75 Å². The third kappa shape index (κ3) is 4.42. The summed E-state index contributed by atoms with van der Waals surface area (Å²) in [6, 6.07) is 5.06. The van der Waals surface area contributed by atoms with E-state index in [1.54, 1.807) is 0 Å². The lowest BCUT2D eigenvalue weighted by Crippen LogP contribution is -2.33. The molecule has 0 heterocycles. The van der Waals surface area contributed by atoms with Crippen molar-refractivity contribution >= 4 is 5.97 Å². The van der Waals surface area contributed by atoms with Crippen LogP contribution in [0.2, 0.25) is 0 Å². The SMILES string of the molecule is CC(Cc1cccc(OC(F)(F)C(F)F)c1)C(=O)O. The van der Waals surface area contributed by atoms with E-state index in [0.29, 0.717) is 5.56 Å². The lowest BCUT2D eigenvalue weighted by molar-refractivity contribution is -0.253. The third-order valence-electron chi connectivity index (χ3n) is 2.37. The van der Waals surface area contributed by atoms with Crippen LogP contribution in [-0.4, -0.2) is 23.6 Å². The highest BCUT2D eigenvalue weighted by molar-refractivity contribution is 5.69. The minimum absolute atomic E-state index is 0.0901. The molecule has 1 atom stereocenters. The number of carboxylic acid groups (broad SMARTS) is 1. The number of rotatable bonds is 6. The van der Waals surface area contributed by atoms with Crippen LogP contribution in [0, 0.1) is 5.92 Å². The van der Waals surface area contributed by atoms with Gasteiger partial charge in [-0.05, 0) is 24.1 Å². The summed E-state index contributed by atoms with van der Waals surface area (Å²) in [5, 5.41) is 8.72. The second kappa shape index (κ2) is 5.90. The number of halogens is 4. The zero-order chi connectivity index (χ0) is 14.6. The Bertz CT molecular complexity index is 448. The largest absolute Gasteiger partial charge is 0.481 e. The summed E-state index contributed by atoms with van der Waals surface area (Å²) in [6.07, 6.45) is -8.42. The lowest BCUT2D eigenvalue weighted by Gasteiger charge is -2.17. The smallest absolute Gasteiger partial charge is 0.461 e. The molecule has 3 nitrogen and oxygen atoms in total. The highest BCUT2D eigenvalue weighted by atomic mass is 19.3. The van der Waals surface area contributed by atoms with Crippen molar-refractivity contribution in [3.63, 3.8) is 0 Å². The Kier molecular flexibility index (Phi) is 4.74. The zero-order valence-corrected chi connectivity index (χ0v) is 9.95. The fourth-order valence-corrected chi connectivity index (χ4v) is 1.38. The van der Waals surface area contributed by atoms with Gasteiger partial charge in [-0.1, -0.05) is 19.1 Å². The molecule has 19 heavy (non-hydrogen) atoms. The van der Waals surface area contributed by atoms with Gasteiger partial charge in [0.15, 0.2) is 0 Å². The van der Waals surface area contributed by atoms with E-state index in [9.17, 15) is 22.4 Å². The maximum absolute atomic E-state index is 12.7. The van der Waals surface area contributed by atoms with Crippen molar-refractivity contribution in [2.75, 3.05) is 0 Å². The first-order valence-electron chi connectivity index (χ1n) is 5.39. The second-order valence-electron chi connectivity index (χ2n) is 4.06. The first-order valence-corrected chi connectivity index (χ1v) is 5.39. The Hall–Kier alpha value is -1.79. The minimum atomic E-state index is -4.57. The van der Waals surface area contributed by atoms with E-state index >= 15 is 0 Å². The highest BCUT2D eigenvalue weighted by Gasteiger charge is 2.43. The van der Waals surface area contributed by atoms with Crippen molar-refractivity contribution in [2.45, 2.75) is 25.9 Å². The van der Waals surface area contributed by atoms with Crippen molar-refractivity contribution in [2.24, 2.45) is 5.92 Å². The predicted molar refractivity (Wildman–Crippen MR) is 58.5 cm³/mol. The maximum atomic E-state index is 12.7. The summed E-state index contributed by atoms with van der Waals surface area (Å²) in [5.41, 5.74) is 0.414. The second-order valence-corrected chi connectivity index (χ2v) is 4.06. The topological polar surface area (TPSA) is 46.5 Å². The van der Waals surface area contributed by atoms with Crippen molar-refractivity contribution in [3.05, 3.63) is 29.8 Å². The Balaban J connectivity index is 2.80. The number of alkyl halides is 4. The molecule has 0 spiro atoms. The summed E-state index contributed by atoms with van der Waals surface area (Å²) in [6.45, 7) is 1.45. The molecule has 1 unspecified atom stereocenters. The first-order chi connectivity index (χ1) is 8.72. The summed E-state index contributed by atoms with van der Waals surface area (Å²) in [5.74, 6) is -2.18. The average Bonchev–Trinajstić information content (AvgIpc) is 2.28. The van der Waals surface area contributed by atoms with Gasteiger partial charge in [0.25, 0.3) is 0 Å². The average molecular weight is 280 g/mol. The number of hydrogen-bond acceptors (Lipinski definition) is 2. The Morgan fingerprint density at radius 1 is 1.42 bits per heavy atom. The van der Waals surface area contributed by atoms with Gasteiger partial charge in [-0.15, -0.1) is 0 Å². The van der Waals surface area contributed by atoms with E-state index < -0.39 is 30.2 Å². The van der Waals surface area contributed by atoms with Crippen molar-refractivity contribution in [1.29, 1.82) is 0 Å². The normalized spacial score (nSPS) is 13.4. The van der Waals surface area contributed by atoms with Gasteiger partial charge in [0.05, 0.1) is 5.92 Å². The Morgan fingerprint density at radius 3 is 2.58 bits per heavy atom. The van der Waals surface area contributed by atoms with E-state index in [4.69, 9.17) is 5.11 Å². The van der Waals surface area contributed by atoms with Crippen LogP contribution in [0.4, 0.5) is 17.6 Å². The number of aliphatic carboxylic acids is 1. The molecule has 0 amide bonds. The molecule has 7 heteroatoms. The molecule has 1 rings (SSSR count). The van der Waals surface area contributed by atoms with E-state index in [0.717, 1.165) is 12.1 Å². The summed E-state index contributed by atoms with van der Waals surface area (Å²) in [7, 11) is 0. The fraction of sp³-hybridized carbons (Fsp3) is 0.417. The number of carboxylic acids is 1. The number of hydrogen-bond donors (Lipinski definition) is 1. The number of carbonyl (C=O) groups is 1. The van der Waals surface area contributed by atoms with Crippen LogP contribution < -0.4 is 4.74 Å². The van der Waals surface area contributed by atoms with Gasteiger partial charge in [0, 0.05) is 0 Å². The van der Waals surface area contributed by atoms with Crippen LogP contribution in [0.5, 0.6) is 5.75 Å². The number of benzene rings is 1. The van der Waals surface area contributed by atoms with Crippen molar-refractivity contribution in [1.82, 2.24) is 0 Å². The molecule has 0 fully saturated rings. The molecule has 0 aromatic heterocycles.